The van der Waals surface area contributed by atoms with Crippen molar-refractivity contribution in [3.63, 3.8) is 0 Å². The highest BCUT2D eigenvalue weighted by molar-refractivity contribution is 6.30. The predicted octanol–water partition coefficient (Wildman–Crippen LogP) is 5.79. The van der Waals surface area contributed by atoms with Crippen LogP contribution in [-0.4, -0.2) is 11.9 Å². The molecule has 0 radical (unpaired) electrons. The first-order valence-electron chi connectivity index (χ1n) is 8.88. The third-order valence-corrected chi connectivity index (χ3v) is 5.34. The number of benzene rings is 3. The van der Waals surface area contributed by atoms with Crippen molar-refractivity contribution in [2.24, 2.45) is 0 Å². The number of halogens is 1. The molecule has 3 aromatic carbocycles. The van der Waals surface area contributed by atoms with Crippen molar-refractivity contribution in [3.05, 3.63) is 71.2 Å². The lowest BCUT2D eigenvalue weighted by Crippen LogP contribution is -2.43. The van der Waals surface area contributed by atoms with Gasteiger partial charge in [-0.25, -0.2) is 0 Å². The molecule has 132 valence electrons. The first kappa shape index (κ1) is 16.9. The Bertz CT molecular complexity index is 968. The highest BCUT2D eigenvalue weighted by Gasteiger charge is 2.33. The van der Waals surface area contributed by atoms with Crippen LogP contribution in [0, 0.1) is 0 Å². The minimum atomic E-state index is 0.0834. The zero-order valence-corrected chi connectivity index (χ0v) is 15.6. The van der Waals surface area contributed by atoms with Crippen LogP contribution < -0.4 is 10.2 Å². The standard InChI is InChI=1S/C22H21ClN2O/c1-14-13-21(24-18-10-8-17(23)9-11-18)20-12-7-16-5-3-4-6-19(16)22(20)25(14)15(2)26/h3-12,14,21,24H,13H2,1-2H3/t14-,21+/m0/s1. The Morgan fingerprint density at radius 2 is 1.81 bits per heavy atom. The lowest BCUT2D eigenvalue weighted by Gasteiger charge is -2.40. The molecule has 1 heterocycles. The molecule has 0 fully saturated rings. The molecule has 0 bridgehead atoms. The van der Waals surface area contributed by atoms with Crippen molar-refractivity contribution >= 4 is 39.7 Å². The second kappa shape index (κ2) is 6.65. The van der Waals surface area contributed by atoms with E-state index in [0.717, 1.165) is 39.2 Å². The van der Waals surface area contributed by atoms with Crippen LogP contribution in [0.2, 0.25) is 5.02 Å². The van der Waals surface area contributed by atoms with Gasteiger partial charge in [-0.15, -0.1) is 0 Å². The number of anilines is 2. The lowest BCUT2D eigenvalue weighted by molar-refractivity contribution is -0.117. The first-order chi connectivity index (χ1) is 12.5. The Kier molecular flexibility index (Phi) is 4.33. The number of rotatable bonds is 2. The lowest BCUT2D eigenvalue weighted by atomic mass is 9.88. The summed E-state index contributed by atoms with van der Waals surface area (Å²) in [5.74, 6) is 0.0834. The van der Waals surface area contributed by atoms with Crippen molar-refractivity contribution in [2.45, 2.75) is 32.4 Å². The number of carbonyl (C=O) groups is 1. The van der Waals surface area contributed by atoms with Gasteiger partial charge in [-0.05, 0) is 48.6 Å². The van der Waals surface area contributed by atoms with E-state index in [4.69, 9.17) is 11.6 Å². The summed E-state index contributed by atoms with van der Waals surface area (Å²) in [5, 5.41) is 6.62. The molecule has 1 N–H and O–H groups in total. The molecular formula is C22H21ClN2O. The van der Waals surface area contributed by atoms with Gasteiger partial charge < -0.3 is 10.2 Å². The molecule has 4 rings (SSSR count). The van der Waals surface area contributed by atoms with Crippen molar-refractivity contribution in [3.8, 4) is 0 Å². The van der Waals surface area contributed by atoms with Crippen LogP contribution in [-0.2, 0) is 4.79 Å². The van der Waals surface area contributed by atoms with E-state index in [2.05, 4.69) is 36.5 Å². The molecule has 26 heavy (non-hydrogen) atoms. The molecule has 3 nitrogen and oxygen atoms in total. The van der Waals surface area contributed by atoms with E-state index >= 15 is 0 Å². The van der Waals surface area contributed by atoms with E-state index in [0.29, 0.717) is 0 Å². The van der Waals surface area contributed by atoms with Gasteiger partial charge in [0, 0.05) is 29.1 Å². The number of hydrogen-bond acceptors (Lipinski definition) is 2. The Hall–Kier alpha value is -2.52. The number of nitrogens with one attached hydrogen (secondary N) is 1. The monoisotopic (exact) mass is 364 g/mol. The smallest absolute Gasteiger partial charge is 0.224 e. The van der Waals surface area contributed by atoms with Gasteiger partial charge >= 0.3 is 0 Å². The zero-order valence-electron chi connectivity index (χ0n) is 14.9. The van der Waals surface area contributed by atoms with E-state index in [1.54, 1.807) is 6.92 Å². The SMILES string of the molecule is CC(=O)N1c2c(ccc3ccccc23)[C@H](Nc2ccc(Cl)cc2)C[C@@H]1C. The molecule has 0 spiro atoms. The van der Waals surface area contributed by atoms with Crippen molar-refractivity contribution in [1.82, 2.24) is 0 Å². The maximum Gasteiger partial charge on any atom is 0.224 e. The molecule has 1 aliphatic heterocycles. The summed E-state index contributed by atoms with van der Waals surface area (Å²) in [6.45, 7) is 3.76. The van der Waals surface area contributed by atoms with Crippen LogP contribution in [0.15, 0.2) is 60.7 Å². The average Bonchev–Trinajstić information content (AvgIpc) is 2.63. The fourth-order valence-electron chi connectivity index (χ4n) is 3.97. The molecule has 0 saturated heterocycles. The molecule has 0 aliphatic carbocycles. The number of carbonyl (C=O) groups excluding carboxylic acids is 1. The molecular weight excluding hydrogens is 344 g/mol. The predicted molar refractivity (Wildman–Crippen MR) is 109 cm³/mol. The summed E-state index contributed by atoms with van der Waals surface area (Å²) in [5.41, 5.74) is 3.22. The number of nitrogens with zero attached hydrogens (tertiary/aromatic N) is 1. The molecule has 1 aliphatic rings. The minimum Gasteiger partial charge on any atom is -0.378 e. The van der Waals surface area contributed by atoms with Gasteiger partial charge in [-0.3, -0.25) is 4.79 Å². The Balaban J connectivity index is 1.84. The molecule has 4 heteroatoms. The normalized spacial score (nSPS) is 19.3. The topological polar surface area (TPSA) is 32.3 Å². The van der Waals surface area contributed by atoms with Gasteiger partial charge in [-0.1, -0.05) is 48.0 Å². The quantitative estimate of drug-likeness (QED) is 0.624. The summed E-state index contributed by atoms with van der Waals surface area (Å²) >= 11 is 6.01. The van der Waals surface area contributed by atoms with Crippen molar-refractivity contribution < 1.29 is 4.79 Å². The van der Waals surface area contributed by atoms with Gasteiger partial charge in [0.05, 0.1) is 11.7 Å². The summed E-state index contributed by atoms with van der Waals surface area (Å²) in [6, 6.07) is 20.6. The highest BCUT2D eigenvalue weighted by atomic mass is 35.5. The minimum absolute atomic E-state index is 0.0834. The largest absolute Gasteiger partial charge is 0.378 e. The van der Waals surface area contributed by atoms with Gasteiger partial charge in [0.2, 0.25) is 5.91 Å². The molecule has 0 unspecified atom stereocenters. The van der Waals surface area contributed by atoms with E-state index in [9.17, 15) is 4.79 Å². The maximum atomic E-state index is 12.4. The summed E-state index contributed by atoms with van der Waals surface area (Å²) in [6.07, 6.45) is 0.855. The Morgan fingerprint density at radius 3 is 2.54 bits per heavy atom. The van der Waals surface area contributed by atoms with Crippen LogP contribution in [0.4, 0.5) is 11.4 Å². The summed E-state index contributed by atoms with van der Waals surface area (Å²) < 4.78 is 0. The van der Waals surface area contributed by atoms with E-state index in [-0.39, 0.29) is 18.0 Å². The van der Waals surface area contributed by atoms with Crippen LogP contribution in [0.25, 0.3) is 10.8 Å². The molecule has 0 saturated carbocycles. The summed E-state index contributed by atoms with van der Waals surface area (Å²) in [7, 11) is 0. The van der Waals surface area contributed by atoms with Gasteiger partial charge in [0.25, 0.3) is 0 Å². The fourth-order valence-corrected chi connectivity index (χ4v) is 4.09. The molecule has 0 aromatic heterocycles. The zero-order chi connectivity index (χ0) is 18.3. The Labute approximate surface area is 158 Å². The van der Waals surface area contributed by atoms with E-state index in [1.165, 1.54) is 0 Å². The Morgan fingerprint density at radius 1 is 1.08 bits per heavy atom. The second-order valence-corrected chi connectivity index (χ2v) is 7.34. The molecule has 1 amide bonds. The maximum absolute atomic E-state index is 12.4. The average molecular weight is 365 g/mol. The number of fused-ring (bicyclic) bond motifs is 3. The van der Waals surface area contributed by atoms with Crippen LogP contribution in [0.5, 0.6) is 0 Å². The third kappa shape index (κ3) is 2.93. The van der Waals surface area contributed by atoms with Gasteiger partial charge in [0.15, 0.2) is 0 Å². The number of amides is 1. The van der Waals surface area contributed by atoms with Crippen molar-refractivity contribution in [1.29, 1.82) is 0 Å². The van der Waals surface area contributed by atoms with Crippen molar-refractivity contribution in [2.75, 3.05) is 10.2 Å². The van der Waals surface area contributed by atoms with E-state index in [1.807, 2.05) is 41.3 Å². The molecule has 3 aromatic rings. The molecule has 2 atom stereocenters. The first-order valence-corrected chi connectivity index (χ1v) is 9.26. The van der Waals surface area contributed by atoms with Gasteiger partial charge in [-0.2, -0.15) is 0 Å². The summed E-state index contributed by atoms with van der Waals surface area (Å²) in [4.78, 5) is 14.4. The van der Waals surface area contributed by atoms with Crippen LogP contribution in [0.3, 0.4) is 0 Å². The van der Waals surface area contributed by atoms with Gasteiger partial charge in [0.1, 0.15) is 0 Å². The second-order valence-electron chi connectivity index (χ2n) is 6.90. The third-order valence-electron chi connectivity index (χ3n) is 5.09. The highest BCUT2D eigenvalue weighted by Crippen LogP contribution is 2.43. The van der Waals surface area contributed by atoms with Crippen LogP contribution >= 0.6 is 11.6 Å². The number of hydrogen-bond donors (Lipinski definition) is 1. The van der Waals surface area contributed by atoms with E-state index < -0.39 is 0 Å². The van der Waals surface area contributed by atoms with Crippen LogP contribution in [0.1, 0.15) is 31.9 Å². The fraction of sp³-hybridized carbons (Fsp3) is 0.227.